The highest BCUT2D eigenvalue weighted by Gasteiger charge is 2.41. The number of carbonyl (C=O) groups is 1. The molecule has 100 valence electrons. The van der Waals surface area contributed by atoms with Crippen molar-refractivity contribution in [1.82, 2.24) is 8.61 Å². The molecule has 7 heteroatoms. The molecule has 1 heterocycles. The SMILES string of the molecule is COC(=O)C1CCCN1S(=O)(=O)N(C)C(C)C. The average Bonchev–Trinajstić information content (AvgIpc) is 2.76. The lowest BCUT2D eigenvalue weighted by Gasteiger charge is -2.29. The van der Waals surface area contributed by atoms with Gasteiger partial charge in [0.25, 0.3) is 10.2 Å². The van der Waals surface area contributed by atoms with Crippen molar-refractivity contribution in [2.24, 2.45) is 0 Å². The first-order valence-electron chi connectivity index (χ1n) is 5.65. The summed E-state index contributed by atoms with van der Waals surface area (Å²) in [5, 5.41) is 0. The van der Waals surface area contributed by atoms with Crippen LogP contribution < -0.4 is 0 Å². The lowest BCUT2D eigenvalue weighted by atomic mass is 10.2. The highest BCUT2D eigenvalue weighted by atomic mass is 32.2. The monoisotopic (exact) mass is 264 g/mol. The molecule has 1 atom stereocenters. The lowest BCUT2D eigenvalue weighted by molar-refractivity contribution is -0.144. The Kier molecular flexibility index (Phi) is 4.51. The fourth-order valence-electron chi connectivity index (χ4n) is 1.82. The van der Waals surface area contributed by atoms with Crippen LogP contribution in [0, 0.1) is 0 Å². The molecule has 0 aromatic heterocycles. The molecule has 0 amide bonds. The second kappa shape index (κ2) is 5.32. The first kappa shape index (κ1) is 14.4. The molecule has 0 radical (unpaired) electrons. The van der Waals surface area contributed by atoms with Crippen molar-refractivity contribution in [3.63, 3.8) is 0 Å². The van der Waals surface area contributed by atoms with E-state index in [9.17, 15) is 13.2 Å². The molecule has 0 aromatic rings. The van der Waals surface area contributed by atoms with Gasteiger partial charge in [-0.3, -0.25) is 4.79 Å². The largest absolute Gasteiger partial charge is 0.468 e. The first-order chi connectivity index (χ1) is 7.82. The Balaban J connectivity index is 2.95. The maximum absolute atomic E-state index is 12.2. The summed E-state index contributed by atoms with van der Waals surface area (Å²) in [6.45, 7) is 3.96. The molecule has 6 nitrogen and oxygen atoms in total. The summed E-state index contributed by atoms with van der Waals surface area (Å²) in [6.07, 6.45) is 1.21. The second-order valence-corrected chi connectivity index (χ2v) is 6.35. The molecule has 1 unspecified atom stereocenters. The molecule has 0 aliphatic carbocycles. The van der Waals surface area contributed by atoms with E-state index in [0.717, 1.165) is 0 Å². The number of methoxy groups -OCH3 is 1. The molecule has 0 spiro atoms. The third-order valence-corrected chi connectivity index (χ3v) is 5.24. The van der Waals surface area contributed by atoms with E-state index < -0.39 is 22.2 Å². The Hall–Kier alpha value is -0.660. The third-order valence-electron chi connectivity index (χ3n) is 3.06. The van der Waals surface area contributed by atoms with Gasteiger partial charge in [0.15, 0.2) is 0 Å². The number of nitrogens with zero attached hydrogens (tertiary/aromatic N) is 2. The molecule has 1 aliphatic heterocycles. The predicted molar refractivity (Wildman–Crippen MR) is 63.6 cm³/mol. The number of carbonyl (C=O) groups excluding carboxylic acids is 1. The topological polar surface area (TPSA) is 66.9 Å². The Bertz CT molecular complexity index is 380. The number of hydrogen-bond acceptors (Lipinski definition) is 4. The quantitative estimate of drug-likeness (QED) is 0.681. The van der Waals surface area contributed by atoms with Gasteiger partial charge in [0.1, 0.15) is 6.04 Å². The van der Waals surface area contributed by atoms with Gasteiger partial charge in [-0.05, 0) is 26.7 Å². The predicted octanol–water partition coefficient (Wildman–Crippen LogP) is 0.209. The maximum atomic E-state index is 12.2. The molecular formula is C10H20N2O4S. The van der Waals surface area contributed by atoms with Gasteiger partial charge in [0.05, 0.1) is 7.11 Å². The van der Waals surface area contributed by atoms with Crippen molar-refractivity contribution in [2.75, 3.05) is 20.7 Å². The van der Waals surface area contributed by atoms with E-state index in [0.29, 0.717) is 19.4 Å². The fraction of sp³-hybridized carbons (Fsp3) is 0.900. The molecule has 1 rings (SSSR count). The van der Waals surface area contributed by atoms with E-state index in [-0.39, 0.29) is 6.04 Å². The number of rotatable bonds is 4. The van der Waals surface area contributed by atoms with Gasteiger partial charge in [-0.15, -0.1) is 0 Å². The van der Waals surface area contributed by atoms with E-state index in [4.69, 9.17) is 0 Å². The van der Waals surface area contributed by atoms with Gasteiger partial charge < -0.3 is 4.74 Å². The van der Waals surface area contributed by atoms with Crippen LogP contribution in [0.25, 0.3) is 0 Å². The molecule has 17 heavy (non-hydrogen) atoms. The van der Waals surface area contributed by atoms with Crippen LogP contribution in [0.4, 0.5) is 0 Å². The smallest absolute Gasteiger partial charge is 0.324 e. The molecule has 0 saturated carbocycles. The van der Waals surface area contributed by atoms with Crippen LogP contribution in [0.2, 0.25) is 0 Å². The number of ether oxygens (including phenoxy) is 1. The van der Waals surface area contributed by atoms with Crippen LogP contribution in [-0.2, 0) is 19.7 Å². The second-order valence-electron chi connectivity index (χ2n) is 4.41. The van der Waals surface area contributed by atoms with Crippen molar-refractivity contribution in [2.45, 2.75) is 38.8 Å². The van der Waals surface area contributed by atoms with Crippen LogP contribution in [0.1, 0.15) is 26.7 Å². The zero-order chi connectivity index (χ0) is 13.2. The molecule has 1 saturated heterocycles. The van der Waals surface area contributed by atoms with Gasteiger partial charge in [0, 0.05) is 19.6 Å². The Labute approximate surface area is 103 Å². The summed E-state index contributed by atoms with van der Waals surface area (Å²) in [7, 11) is -0.781. The highest BCUT2D eigenvalue weighted by Crippen LogP contribution is 2.24. The number of hydrogen-bond donors (Lipinski definition) is 0. The van der Waals surface area contributed by atoms with Gasteiger partial charge in [-0.25, -0.2) is 0 Å². The van der Waals surface area contributed by atoms with E-state index in [1.54, 1.807) is 13.8 Å². The van der Waals surface area contributed by atoms with Gasteiger partial charge in [0.2, 0.25) is 0 Å². The summed E-state index contributed by atoms with van der Waals surface area (Å²) in [6, 6.07) is -0.815. The van der Waals surface area contributed by atoms with E-state index >= 15 is 0 Å². The zero-order valence-corrected chi connectivity index (χ0v) is 11.5. The van der Waals surface area contributed by atoms with Gasteiger partial charge in [-0.2, -0.15) is 17.0 Å². The molecular weight excluding hydrogens is 244 g/mol. The minimum atomic E-state index is -3.58. The van der Waals surface area contributed by atoms with E-state index in [1.807, 2.05) is 0 Å². The normalized spacial score (nSPS) is 22.4. The lowest BCUT2D eigenvalue weighted by Crippen LogP contribution is -2.49. The highest BCUT2D eigenvalue weighted by molar-refractivity contribution is 7.86. The molecule has 1 aliphatic rings. The van der Waals surface area contributed by atoms with Crippen molar-refractivity contribution in [1.29, 1.82) is 0 Å². The van der Waals surface area contributed by atoms with Crippen LogP contribution in [0.3, 0.4) is 0 Å². The van der Waals surface area contributed by atoms with Gasteiger partial charge >= 0.3 is 5.97 Å². The minimum Gasteiger partial charge on any atom is -0.468 e. The van der Waals surface area contributed by atoms with Crippen LogP contribution in [-0.4, -0.2) is 55.8 Å². The molecule has 0 bridgehead atoms. The Morgan fingerprint density at radius 3 is 2.53 bits per heavy atom. The van der Waals surface area contributed by atoms with Crippen molar-refractivity contribution in [3.8, 4) is 0 Å². The van der Waals surface area contributed by atoms with Crippen molar-refractivity contribution in [3.05, 3.63) is 0 Å². The summed E-state index contributed by atoms with van der Waals surface area (Å²) < 4.78 is 31.6. The van der Waals surface area contributed by atoms with E-state index in [2.05, 4.69) is 4.74 Å². The van der Waals surface area contributed by atoms with Crippen LogP contribution >= 0.6 is 0 Å². The molecule has 0 aromatic carbocycles. The fourth-order valence-corrected chi connectivity index (χ4v) is 3.56. The van der Waals surface area contributed by atoms with Crippen LogP contribution in [0.15, 0.2) is 0 Å². The maximum Gasteiger partial charge on any atom is 0.324 e. The van der Waals surface area contributed by atoms with Crippen molar-refractivity contribution >= 4 is 16.2 Å². The Morgan fingerprint density at radius 1 is 1.47 bits per heavy atom. The third kappa shape index (κ3) is 2.78. The molecule has 1 fully saturated rings. The summed E-state index contributed by atoms with van der Waals surface area (Å²) in [4.78, 5) is 11.5. The summed E-state index contributed by atoms with van der Waals surface area (Å²) in [5.74, 6) is -0.483. The zero-order valence-electron chi connectivity index (χ0n) is 10.7. The minimum absolute atomic E-state index is 0.140. The van der Waals surface area contributed by atoms with Crippen LogP contribution in [0.5, 0.6) is 0 Å². The number of esters is 1. The Morgan fingerprint density at radius 2 is 2.06 bits per heavy atom. The average molecular weight is 264 g/mol. The first-order valence-corrected chi connectivity index (χ1v) is 7.04. The van der Waals surface area contributed by atoms with E-state index in [1.165, 1.54) is 22.8 Å². The summed E-state index contributed by atoms with van der Waals surface area (Å²) in [5.41, 5.74) is 0. The standard InChI is InChI=1S/C10H20N2O4S/c1-8(2)11(3)17(14,15)12-7-5-6-9(12)10(13)16-4/h8-9H,5-7H2,1-4H3. The molecule has 0 N–H and O–H groups in total. The summed E-state index contributed by atoms with van der Waals surface area (Å²) >= 11 is 0. The van der Waals surface area contributed by atoms with Gasteiger partial charge in [-0.1, -0.05) is 0 Å². The van der Waals surface area contributed by atoms with Crippen molar-refractivity contribution < 1.29 is 17.9 Å².